The van der Waals surface area contributed by atoms with Crippen LogP contribution in [0.15, 0.2) is 30.3 Å². The summed E-state index contributed by atoms with van der Waals surface area (Å²) >= 11 is 3.95. The lowest BCUT2D eigenvalue weighted by Gasteiger charge is -2.43. The number of nitrogens with zero attached hydrogens (tertiary/aromatic N) is 1. The van der Waals surface area contributed by atoms with Crippen molar-refractivity contribution in [3.8, 4) is 0 Å². The predicted molar refractivity (Wildman–Crippen MR) is 77.1 cm³/mol. The monoisotopic (exact) mass is 412 g/mol. The Hall–Kier alpha value is -1.13. The van der Waals surface area contributed by atoms with E-state index >= 15 is 0 Å². The van der Waals surface area contributed by atoms with E-state index in [0.717, 1.165) is 45.0 Å². The van der Waals surface area contributed by atoms with Crippen LogP contribution in [0.3, 0.4) is 0 Å². The van der Waals surface area contributed by atoms with Crippen LogP contribution in [0.4, 0.5) is 35.1 Å². The van der Waals surface area contributed by atoms with Crippen LogP contribution in [0.2, 0.25) is 0 Å². The first-order valence-electron chi connectivity index (χ1n) is 7.10. The van der Waals surface area contributed by atoms with E-state index in [1.54, 1.807) is 0 Å². The largest absolute Gasteiger partial charge is 0.392 e. The van der Waals surface area contributed by atoms with Gasteiger partial charge < -0.3 is 0 Å². The fraction of sp³-hybridized carbons (Fsp3) is 0.600. The number of halogens is 9. The summed E-state index contributed by atoms with van der Waals surface area (Å²) in [6, 6.07) is 1.96. The fourth-order valence-corrected chi connectivity index (χ4v) is 2.19. The average Bonchev–Trinajstić information content (AvgIpc) is 2.45. The lowest BCUT2D eigenvalue weighted by Crippen LogP contribution is -2.64. The molecule has 2 nitrogen and oxygen atoms in total. The molecule has 1 radical (unpaired) electrons. The second-order valence-corrected chi connectivity index (χ2v) is 7.05. The minimum absolute atomic E-state index is 0.529. The molecule has 0 bridgehead atoms. The third-order valence-electron chi connectivity index (χ3n) is 3.52. The second kappa shape index (κ2) is 6.79. The van der Waals surface area contributed by atoms with Gasteiger partial charge in [0.15, 0.2) is 0 Å². The van der Waals surface area contributed by atoms with Gasteiger partial charge in [-0.15, -0.1) is 10.3 Å². The molecule has 1 atom stereocenters. The van der Waals surface area contributed by atoms with Crippen LogP contribution in [0.25, 0.3) is 0 Å². The number of benzene rings is 1. The van der Waals surface area contributed by atoms with E-state index in [1.807, 2.05) is 0 Å². The van der Waals surface area contributed by atoms with Crippen molar-refractivity contribution in [1.29, 1.82) is 0 Å². The van der Waals surface area contributed by atoms with Crippen LogP contribution >= 0.6 is 11.6 Å². The third kappa shape index (κ3) is 3.77. The van der Waals surface area contributed by atoms with Gasteiger partial charge in [-0.05, 0) is 37.9 Å². The van der Waals surface area contributed by atoms with Crippen LogP contribution < -0.4 is 0 Å². The summed E-state index contributed by atoms with van der Waals surface area (Å²) in [4.78, 5) is 0. The first kappa shape index (κ1) is 22.9. The zero-order chi connectivity index (χ0) is 20.8. The summed E-state index contributed by atoms with van der Waals surface area (Å²) in [5.41, 5.74) is -2.49. The van der Waals surface area contributed by atoms with E-state index in [-0.39, 0.29) is 0 Å². The molecule has 1 unspecified atom stereocenters. The van der Waals surface area contributed by atoms with Gasteiger partial charge in [0.2, 0.25) is 0 Å². The van der Waals surface area contributed by atoms with Gasteiger partial charge in [-0.3, -0.25) is 0 Å². The lowest BCUT2D eigenvalue weighted by atomic mass is 9.89. The predicted octanol–water partition coefficient (Wildman–Crippen LogP) is 5.91. The Bertz CT molecular complexity index is 612. The van der Waals surface area contributed by atoms with Crippen LogP contribution in [-0.2, 0) is 5.21 Å². The Kier molecular flexibility index (Phi) is 5.99. The molecule has 0 spiro atoms. The molecule has 0 aliphatic rings. The molecule has 0 aliphatic heterocycles. The zero-order valence-electron chi connectivity index (χ0n) is 13.7. The molecule has 11 heteroatoms. The van der Waals surface area contributed by atoms with Gasteiger partial charge in [-0.2, -0.15) is 35.1 Å². The van der Waals surface area contributed by atoms with Gasteiger partial charge in [0.25, 0.3) is 0 Å². The Morgan fingerprint density at radius 1 is 0.846 bits per heavy atom. The van der Waals surface area contributed by atoms with Gasteiger partial charge in [0.1, 0.15) is 6.04 Å². The standard InChI is InChI=1S/C15H15ClF8NO/c1-11(2,3)25(26)10(9-7-5-4-6-8-9)12(17,18)13(19,20)14(21,22)15(16,23)24/h4-8,10H,1-3H3. The minimum atomic E-state index is -6.64. The van der Waals surface area contributed by atoms with Crippen molar-refractivity contribution in [3.63, 3.8) is 0 Å². The molecule has 0 saturated carbocycles. The first-order valence-corrected chi connectivity index (χ1v) is 7.48. The fourth-order valence-electron chi connectivity index (χ4n) is 2.07. The van der Waals surface area contributed by atoms with Crippen molar-refractivity contribution in [2.24, 2.45) is 0 Å². The van der Waals surface area contributed by atoms with E-state index in [0.29, 0.717) is 0 Å². The van der Waals surface area contributed by atoms with Gasteiger partial charge in [0, 0.05) is 5.54 Å². The quantitative estimate of drug-likeness (QED) is 0.323. The summed E-state index contributed by atoms with van der Waals surface area (Å²) in [5, 5.41) is 5.77. The van der Waals surface area contributed by atoms with E-state index in [2.05, 4.69) is 11.6 Å². The molecule has 0 saturated heterocycles. The molecule has 1 rings (SSSR count). The van der Waals surface area contributed by atoms with Crippen LogP contribution in [-0.4, -0.2) is 33.8 Å². The molecule has 26 heavy (non-hydrogen) atoms. The Balaban J connectivity index is 3.63. The van der Waals surface area contributed by atoms with Crippen molar-refractivity contribution < 1.29 is 40.3 Å². The summed E-state index contributed by atoms with van der Waals surface area (Å²) in [5.74, 6) is -19.2. The highest BCUT2D eigenvalue weighted by Crippen LogP contribution is 2.58. The number of hydrogen-bond donors (Lipinski definition) is 0. The number of hydrogen-bond acceptors (Lipinski definition) is 1. The smallest absolute Gasteiger partial charge is 0.197 e. The van der Waals surface area contributed by atoms with Crippen LogP contribution in [0.1, 0.15) is 32.4 Å². The van der Waals surface area contributed by atoms with E-state index in [1.165, 1.54) is 6.07 Å². The van der Waals surface area contributed by atoms with E-state index in [4.69, 9.17) is 0 Å². The molecule has 0 heterocycles. The van der Waals surface area contributed by atoms with Crippen molar-refractivity contribution in [2.45, 2.75) is 55.5 Å². The minimum Gasteiger partial charge on any atom is -0.197 e. The topological polar surface area (TPSA) is 23.1 Å². The normalized spacial score (nSPS) is 16.1. The molecule has 0 N–H and O–H groups in total. The Morgan fingerprint density at radius 2 is 1.27 bits per heavy atom. The molecule has 1 aromatic carbocycles. The first-order chi connectivity index (χ1) is 11.4. The third-order valence-corrected chi connectivity index (χ3v) is 3.76. The highest BCUT2D eigenvalue weighted by atomic mass is 35.5. The maximum Gasteiger partial charge on any atom is 0.392 e. The van der Waals surface area contributed by atoms with Crippen LogP contribution in [0.5, 0.6) is 0 Å². The number of hydroxylamine groups is 2. The molecule has 1 aromatic rings. The highest BCUT2D eigenvalue weighted by Gasteiger charge is 2.82. The average molecular weight is 413 g/mol. The molecule has 0 aromatic heterocycles. The Morgan fingerprint density at radius 3 is 1.62 bits per heavy atom. The number of alkyl halides is 9. The molecule has 0 aliphatic carbocycles. The van der Waals surface area contributed by atoms with Crippen molar-refractivity contribution in [1.82, 2.24) is 5.06 Å². The van der Waals surface area contributed by atoms with Crippen molar-refractivity contribution in [3.05, 3.63) is 35.9 Å². The second-order valence-electron chi connectivity index (χ2n) is 6.58. The maximum absolute atomic E-state index is 14.5. The molecule has 149 valence electrons. The molecule has 0 fully saturated rings. The summed E-state index contributed by atoms with van der Waals surface area (Å²) in [6.45, 7) is 3.20. The summed E-state index contributed by atoms with van der Waals surface area (Å²) in [6.07, 6.45) is 0. The maximum atomic E-state index is 14.5. The van der Waals surface area contributed by atoms with E-state index in [9.17, 15) is 40.3 Å². The molecular weight excluding hydrogens is 398 g/mol. The zero-order valence-corrected chi connectivity index (χ0v) is 14.5. The molecular formula is C15H15ClF8NO. The van der Waals surface area contributed by atoms with Crippen molar-refractivity contribution >= 4 is 11.6 Å². The Labute approximate surface area is 149 Å². The number of rotatable bonds is 6. The lowest BCUT2D eigenvalue weighted by molar-refractivity contribution is -0.385. The van der Waals surface area contributed by atoms with Gasteiger partial charge in [0.05, 0.1) is 0 Å². The van der Waals surface area contributed by atoms with E-state index < -0.39 is 45.4 Å². The highest BCUT2D eigenvalue weighted by molar-refractivity contribution is 6.22. The van der Waals surface area contributed by atoms with Gasteiger partial charge in [-0.25, -0.2) is 0 Å². The van der Waals surface area contributed by atoms with Gasteiger partial charge >= 0.3 is 23.1 Å². The summed E-state index contributed by atoms with van der Waals surface area (Å²) < 4.78 is 109. The summed E-state index contributed by atoms with van der Waals surface area (Å²) in [7, 11) is 0. The SMILES string of the molecule is CC(C)(C)N([O])C(c1ccccc1)C(F)(F)C(F)(F)C(F)(F)C(F)(F)Cl. The van der Waals surface area contributed by atoms with Crippen molar-refractivity contribution in [2.75, 3.05) is 0 Å². The van der Waals surface area contributed by atoms with Gasteiger partial charge in [-0.1, -0.05) is 30.3 Å². The van der Waals surface area contributed by atoms with Crippen LogP contribution in [0, 0.1) is 0 Å². The molecule has 0 amide bonds.